The first kappa shape index (κ1) is 14.3. The molecular weight excluding hydrogens is 246 g/mol. The molecule has 0 aliphatic rings. The van der Waals surface area contributed by atoms with E-state index in [1.54, 1.807) is 6.07 Å². The van der Waals surface area contributed by atoms with Gasteiger partial charge in [-0.15, -0.1) is 0 Å². The van der Waals surface area contributed by atoms with E-state index >= 15 is 0 Å². The zero-order valence-corrected chi connectivity index (χ0v) is 9.57. The van der Waals surface area contributed by atoms with Crippen molar-refractivity contribution in [1.82, 2.24) is 0 Å². The number of benzene rings is 1. The van der Waals surface area contributed by atoms with Crippen LogP contribution in [0.15, 0.2) is 24.3 Å². The Balaban J connectivity index is 2.48. The van der Waals surface area contributed by atoms with Crippen LogP contribution in [0.25, 0.3) is 0 Å². The predicted molar refractivity (Wildman–Crippen MR) is 61.6 cm³/mol. The fraction of sp³-hybridized carbons (Fsp3) is 0.364. The Hall–Kier alpha value is -1.73. The van der Waals surface area contributed by atoms with Crippen LogP contribution < -0.4 is 15.8 Å². The normalized spacial score (nSPS) is 10.4. The van der Waals surface area contributed by atoms with Gasteiger partial charge in [-0.3, -0.25) is 4.79 Å². The lowest BCUT2D eigenvalue weighted by Crippen LogP contribution is -2.20. The molecule has 3 N–H and O–H groups in total. The Morgan fingerprint density at radius 3 is 2.89 bits per heavy atom. The summed E-state index contributed by atoms with van der Waals surface area (Å²) in [7, 11) is 0. The Bertz CT molecular complexity index is 388. The number of carbonyl (C=O) groups is 1. The number of alkyl halides is 2. The molecule has 0 aliphatic carbocycles. The molecule has 0 heterocycles. The molecule has 1 amide bonds. The highest BCUT2D eigenvalue weighted by atomic mass is 19.3. The SMILES string of the molecule is NCCOCC(=O)Nc1cccc(OC(F)F)c1. The molecule has 0 bridgehead atoms. The lowest BCUT2D eigenvalue weighted by Gasteiger charge is -2.08. The topological polar surface area (TPSA) is 73.6 Å². The number of halogens is 2. The van der Waals surface area contributed by atoms with Gasteiger partial charge in [-0.05, 0) is 12.1 Å². The minimum Gasteiger partial charge on any atom is -0.435 e. The van der Waals surface area contributed by atoms with Crippen molar-refractivity contribution in [1.29, 1.82) is 0 Å². The fourth-order valence-electron chi connectivity index (χ4n) is 1.20. The van der Waals surface area contributed by atoms with Crippen molar-refractivity contribution in [2.45, 2.75) is 6.61 Å². The van der Waals surface area contributed by atoms with Gasteiger partial charge in [0.1, 0.15) is 12.4 Å². The van der Waals surface area contributed by atoms with Crippen LogP contribution >= 0.6 is 0 Å². The molecule has 0 radical (unpaired) electrons. The van der Waals surface area contributed by atoms with E-state index in [2.05, 4.69) is 10.1 Å². The van der Waals surface area contributed by atoms with E-state index < -0.39 is 12.5 Å². The van der Waals surface area contributed by atoms with Crippen LogP contribution in [0.2, 0.25) is 0 Å². The van der Waals surface area contributed by atoms with E-state index in [0.717, 1.165) is 0 Å². The molecule has 1 aromatic rings. The summed E-state index contributed by atoms with van der Waals surface area (Å²) >= 11 is 0. The minimum atomic E-state index is -2.90. The summed E-state index contributed by atoms with van der Waals surface area (Å²) in [4.78, 5) is 11.4. The van der Waals surface area contributed by atoms with E-state index in [0.29, 0.717) is 12.2 Å². The Morgan fingerprint density at radius 1 is 1.44 bits per heavy atom. The molecular formula is C11H14F2N2O3. The second-order valence-electron chi connectivity index (χ2n) is 3.30. The molecule has 7 heteroatoms. The largest absolute Gasteiger partial charge is 0.435 e. The van der Waals surface area contributed by atoms with E-state index in [4.69, 9.17) is 10.5 Å². The van der Waals surface area contributed by atoms with Crippen LogP contribution in [-0.4, -0.2) is 32.3 Å². The third kappa shape index (κ3) is 5.55. The standard InChI is InChI=1S/C11H14F2N2O3/c12-11(13)18-9-3-1-2-8(6-9)15-10(16)7-17-5-4-14/h1-3,6,11H,4-5,7,14H2,(H,15,16). The summed E-state index contributed by atoms with van der Waals surface area (Å²) in [6, 6.07) is 5.72. The molecule has 1 rings (SSSR count). The molecule has 18 heavy (non-hydrogen) atoms. The average Bonchev–Trinajstić information content (AvgIpc) is 2.28. The van der Waals surface area contributed by atoms with Gasteiger partial charge in [0.15, 0.2) is 0 Å². The highest BCUT2D eigenvalue weighted by Gasteiger charge is 2.06. The number of amides is 1. The maximum absolute atomic E-state index is 12.0. The number of anilines is 1. The second kappa shape index (κ2) is 7.57. The summed E-state index contributed by atoms with van der Waals surface area (Å²) in [5.41, 5.74) is 5.55. The van der Waals surface area contributed by atoms with Gasteiger partial charge in [-0.1, -0.05) is 6.07 Å². The smallest absolute Gasteiger partial charge is 0.387 e. The maximum Gasteiger partial charge on any atom is 0.387 e. The Labute approximate surface area is 103 Å². The first-order valence-electron chi connectivity index (χ1n) is 5.24. The van der Waals surface area contributed by atoms with Crippen LogP contribution in [0.1, 0.15) is 0 Å². The molecule has 5 nitrogen and oxygen atoms in total. The zero-order valence-electron chi connectivity index (χ0n) is 9.57. The number of hydrogen-bond donors (Lipinski definition) is 2. The number of nitrogens with two attached hydrogens (primary N) is 1. The highest BCUT2D eigenvalue weighted by Crippen LogP contribution is 2.19. The summed E-state index contributed by atoms with van der Waals surface area (Å²) in [5, 5.41) is 2.48. The van der Waals surface area contributed by atoms with Gasteiger partial charge in [0.25, 0.3) is 0 Å². The van der Waals surface area contributed by atoms with Crippen molar-refractivity contribution in [2.75, 3.05) is 25.1 Å². The Morgan fingerprint density at radius 2 is 2.22 bits per heavy atom. The second-order valence-corrected chi connectivity index (χ2v) is 3.30. The number of ether oxygens (including phenoxy) is 2. The molecule has 100 valence electrons. The average molecular weight is 260 g/mol. The third-order valence-corrected chi connectivity index (χ3v) is 1.84. The lowest BCUT2D eigenvalue weighted by atomic mass is 10.3. The summed E-state index contributed by atoms with van der Waals surface area (Å²) in [6.45, 7) is -2.44. The minimum absolute atomic E-state index is 0.0225. The van der Waals surface area contributed by atoms with Crippen LogP contribution in [0.4, 0.5) is 14.5 Å². The molecule has 0 fully saturated rings. The predicted octanol–water partition coefficient (Wildman–Crippen LogP) is 1.20. The molecule has 1 aromatic carbocycles. The quantitative estimate of drug-likeness (QED) is 0.722. The molecule has 0 spiro atoms. The molecule has 0 atom stereocenters. The molecule has 0 aromatic heterocycles. The number of rotatable bonds is 7. The highest BCUT2D eigenvalue weighted by molar-refractivity contribution is 5.91. The molecule has 0 saturated carbocycles. The van der Waals surface area contributed by atoms with Crippen LogP contribution in [0, 0.1) is 0 Å². The first-order chi connectivity index (χ1) is 8.61. The van der Waals surface area contributed by atoms with E-state index in [9.17, 15) is 13.6 Å². The number of nitrogens with one attached hydrogen (secondary N) is 1. The lowest BCUT2D eigenvalue weighted by molar-refractivity contribution is -0.120. The monoisotopic (exact) mass is 260 g/mol. The van der Waals surface area contributed by atoms with Gasteiger partial charge < -0.3 is 20.5 Å². The Kier molecular flexibility index (Phi) is 6.03. The van der Waals surface area contributed by atoms with Crippen molar-refractivity contribution < 1.29 is 23.0 Å². The zero-order chi connectivity index (χ0) is 13.4. The van der Waals surface area contributed by atoms with Gasteiger partial charge in [0, 0.05) is 18.3 Å². The van der Waals surface area contributed by atoms with E-state index in [1.807, 2.05) is 0 Å². The van der Waals surface area contributed by atoms with Crippen molar-refractivity contribution in [3.05, 3.63) is 24.3 Å². The summed E-state index contributed by atoms with van der Waals surface area (Å²) in [6.07, 6.45) is 0. The summed E-state index contributed by atoms with van der Waals surface area (Å²) < 4.78 is 33.1. The molecule has 0 aliphatic heterocycles. The van der Waals surface area contributed by atoms with Crippen molar-refractivity contribution in [3.63, 3.8) is 0 Å². The molecule has 0 saturated heterocycles. The summed E-state index contributed by atoms with van der Waals surface area (Å²) in [5.74, 6) is -0.414. The van der Waals surface area contributed by atoms with Gasteiger partial charge in [-0.25, -0.2) is 0 Å². The van der Waals surface area contributed by atoms with Crippen molar-refractivity contribution >= 4 is 11.6 Å². The maximum atomic E-state index is 12.0. The van der Waals surface area contributed by atoms with Crippen LogP contribution in [0.5, 0.6) is 5.75 Å². The first-order valence-corrected chi connectivity index (χ1v) is 5.24. The van der Waals surface area contributed by atoms with Crippen LogP contribution in [-0.2, 0) is 9.53 Å². The van der Waals surface area contributed by atoms with Crippen molar-refractivity contribution in [2.24, 2.45) is 5.73 Å². The number of hydrogen-bond acceptors (Lipinski definition) is 4. The third-order valence-electron chi connectivity index (χ3n) is 1.84. The fourth-order valence-corrected chi connectivity index (χ4v) is 1.20. The molecule has 0 unspecified atom stereocenters. The van der Waals surface area contributed by atoms with Gasteiger partial charge >= 0.3 is 6.61 Å². The van der Waals surface area contributed by atoms with Gasteiger partial charge in [-0.2, -0.15) is 8.78 Å². The van der Waals surface area contributed by atoms with Gasteiger partial charge in [0.2, 0.25) is 5.91 Å². The van der Waals surface area contributed by atoms with Crippen LogP contribution in [0.3, 0.4) is 0 Å². The van der Waals surface area contributed by atoms with E-state index in [1.165, 1.54) is 18.2 Å². The number of carbonyl (C=O) groups excluding carboxylic acids is 1. The van der Waals surface area contributed by atoms with Gasteiger partial charge in [0.05, 0.1) is 6.61 Å². The van der Waals surface area contributed by atoms with Crippen molar-refractivity contribution in [3.8, 4) is 5.75 Å². The van der Waals surface area contributed by atoms with E-state index in [-0.39, 0.29) is 19.0 Å².